The predicted molar refractivity (Wildman–Crippen MR) is 122 cm³/mol. The second-order valence-corrected chi connectivity index (χ2v) is 9.94. The van der Waals surface area contributed by atoms with E-state index in [1.54, 1.807) is 0 Å². The quantitative estimate of drug-likeness (QED) is 0.602. The highest BCUT2D eigenvalue weighted by Gasteiger charge is 2.32. The Morgan fingerprint density at radius 2 is 1.83 bits per heavy atom. The maximum Gasteiger partial charge on any atom is 0.230 e. The van der Waals surface area contributed by atoms with Crippen molar-refractivity contribution in [2.45, 2.75) is 70.1 Å². The lowest BCUT2D eigenvalue weighted by Gasteiger charge is -2.18. The molecule has 1 N–H and O–H groups in total. The highest BCUT2D eigenvalue weighted by Crippen LogP contribution is 2.41. The minimum absolute atomic E-state index is 0.00679. The number of anilines is 1. The molecule has 1 aliphatic carbocycles. The molecule has 0 bridgehead atoms. The van der Waals surface area contributed by atoms with Crippen LogP contribution in [-0.4, -0.2) is 39.5 Å². The number of benzene rings is 1. The second kappa shape index (κ2) is 9.41. The van der Waals surface area contributed by atoms with Gasteiger partial charge in [-0.2, -0.15) is 0 Å². The predicted octanol–water partition coefficient (Wildman–Crippen LogP) is 4.38. The fourth-order valence-corrected chi connectivity index (χ4v) is 4.88. The molecule has 7 heteroatoms. The summed E-state index contributed by atoms with van der Waals surface area (Å²) in [5.74, 6) is 2.04. The van der Waals surface area contributed by atoms with Crippen LogP contribution in [0.1, 0.15) is 69.7 Å². The fraction of sp³-hybridized carbons (Fsp3) is 0.609. The van der Waals surface area contributed by atoms with Crippen LogP contribution in [0.15, 0.2) is 29.4 Å². The van der Waals surface area contributed by atoms with Crippen molar-refractivity contribution in [2.75, 3.05) is 23.7 Å². The molecule has 1 atom stereocenters. The molecule has 162 valence electrons. The van der Waals surface area contributed by atoms with E-state index in [0.717, 1.165) is 36.2 Å². The molecule has 2 aromatic rings. The number of amides is 1. The lowest BCUT2D eigenvalue weighted by Crippen LogP contribution is -2.28. The SMILES string of the molecule is CC(C)Cc1ccc(C(C)NC(=O)CSc2nnc(N3CCCC3)n2C2CC2)cc1. The molecule has 1 aromatic heterocycles. The van der Waals surface area contributed by atoms with Gasteiger partial charge in [0.1, 0.15) is 0 Å². The van der Waals surface area contributed by atoms with Crippen LogP contribution in [0.3, 0.4) is 0 Å². The number of thioether (sulfide) groups is 1. The van der Waals surface area contributed by atoms with Gasteiger partial charge in [-0.1, -0.05) is 49.9 Å². The van der Waals surface area contributed by atoms with Crippen molar-refractivity contribution in [3.63, 3.8) is 0 Å². The summed E-state index contributed by atoms with van der Waals surface area (Å²) in [7, 11) is 0. The Kier molecular flexibility index (Phi) is 6.66. The molecule has 30 heavy (non-hydrogen) atoms. The van der Waals surface area contributed by atoms with Crippen molar-refractivity contribution >= 4 is 23.6 Å². The molecule has 0 spiro atoms. The number of nitrogens with one attached hydrogen (secondary N) is 1. The average molecular weight is 428 g/mol. The third-order valence-corrected chi connectivity index (χ3v) is 6.72. The molecule has 1 amide bonds. The van der Waals surface area contributed by atoms with E-state index < -0.39 is 0 Å². The van der Waals surface area contributed by atoms with Crippen LogP contribution in [0.5, 0.6) is 0 Å². The summed E-state index contributed by atoms with van der Waals surface area (Å²) in [6.45, 7) is 8.62. The van der Waals surface area contributed by atoms with Crippen molar-refractivity contribution in [3.05, 3.63) is 35.4 Å². The van der Waals surface area contributed by atoms with Gasteiger partial charge >= 0.3 is 0 Å². The molecule has 6 nitrogen and oxygen atoms in total. The first-order valence-electron chi connectivity index (χ1n) is 11.2. The van der Waals surface area contributed by atoms with Crippen LogP contribution in [0.25, 0.3) is 0 Å². The fourth-order valence-electron chi connectivity index (χ4n) is 4.06. The number of aromatic nitrogens is 3. The molecule has 1 aliphatic heterocycles. The van der Waals surface area contributed by atoms with Crippen molar-refractivity contribution in [1.82, 2.24) is 20.1 Å². The van der Waals surface area contributed by atoms with Gasteiger partial charge in [-0.05, 0) is 56.1 Å². The van der Waals surface area contributed by atoms with Crippen LogP contribution in [-0.2, 0) is 11.2 Å². The van der Waals surface area contributed by atoms with E-state index in [1.807, 2.05) is 6.92 Å². The highest BCUT2D eigenvalue weighted by atomic mass is 32.2. The van der Waals surface area contributed by atoms with E-state index in [4.69, 9.17) is 0 Å². The number of carbonyl (C=O) groups is 1. The van der Waals surface area contributed by atoms with Gasteiger partial charge in [0.15, 0.2) is 5.16 Å². The summed E-state index contributed by atoms with van der Waals surface area (Å²) in [5.41, 5.74) is 2.48. The van der Waals surface area contributed by atoms with E-state index >= 15 is 0 Å². The molecule has 2 heterocycles. The Hall–Kier alpha value is -2.02. The minimum Gasteiger partial charge on any atom is -0.349 e. The molecule has 1 saturated heterocycles. The molecule has 1 unspecified atom stereocenters. The molecular weight excluding hydrogens is 394 g/mol. The number of hydrogen-bond donors (Lipinski definition) is 1. The van der Waals surface area contributed by atoms with Crippen molar-refractivity contribution in [1.29, 1.82) is 0 Å². The Morgan fingerprint density at radius 1 is 1.13 bits per heavy atom. The first kappa shape index (κ1) is 21.2. The van der Waals surface area contributed by atoms with Gasteiger partial charge in [0.2, 0.25) is 11.9 Å². The Balaban J connectivity index is 1.32. The van der Waals surface area contributed by atoms with Crippen molar-refractivity contribution < 1.29 is 4.79 Å². The first-order chi connectivity index (χ1) is 14.5. The normalized spacial score (nSPS) is 17.5. The van der Waals surface area contributed by atoms with E-state index in [1.165, 1.54) is 43.0 Å². The van der Waals surface area contributed by atoms with Gasteiger partial charge in [-0.25, -0.2) is 0 Å². The maximum absolute atomic E-state index is 12.6. The topological polar surface area (TPSA) is 63.1 Å². The van der Waals surface area contributed by atoms with Crippen LogP contribution in [0, 0.1) is 5.92 Å². The third kappa shape index (κ3) is 5.17. The monoisotopic (exact) mass is 427 g/mol. The van der Waals surface area contributed by atoms with E-state index in [2.05, 4.69) is 63.1 Å². The smallest absolute Gasteiger partial charge is 0.230 e. The Morgan fingerprint density at radius 3 is 2.47 bits per heavy atom. The number of hydrogen-bond acceptors (Lipinski definition) is 5. The summed E-state index contributed by atoms with van der Waals surface area (Å²) in [5, 5.41) is 12.9. The van der Waals surface area contributed by atoms with Gasteiger partial charge in [0.05, 0.1) is 11.8 Å². The number of nitrogens with zero attached hydrogens (tertiary/aromatic N) is 4. The molecule has 2 fully saturated rings. The van der Waals surface area contributed by atoms with Gasteiger partial charge in [0.25, 0.3) is 0 Å². The average Bonchev–Trinajstić information content (AvgIpc) is 3.24. The molecule has 4 rings (SSSR count). The van der Waals surface area contributed by atoms with Crippen LogP contribution >= 0.6 is 11.8 Å². The third-order valence-electron chi connectivity index (χ3n) is 5.78. The molecule has 1 aromatic carbocycles. The first-order valence-corrected chi connectivity index (χ1v) is 12.2. The van der Waals surface area contributed by atoms with Gasteiger partial charge in [-0.3, -0.25) is 9.36 Å². The zero-order chi connectivity index (χ0) is 21.1. The molecule has 0 radical (unpaired) electrons. The van der Waals surface area contributed by atoms with E-state index in [9.17, 15) is 4.79 Å². The van der Waals surface area contributed by atoms with Gasteiger partial charge in [0, 0.05) is 19.1 Å². The van der Waals surface area contributed by atoms with Gasteiger partial charge in [-0.15, -0.1) is 10.2 Å². The van der Waals surface area contributed by atoms with Crippen LogP contribution in [0.2, 0.25) is 0 Å². The van der Waals surface area contributed by atoms with Crippen LogP contribution < -0.4 is 10.2 Å². The molecule has 1 saturated carbocycles. The van der Waals surface area contributed by atoms with Crippen molar-refractivity contribution in [2.24, 2.45) is 5.92 Å². The summed E-state index contributed by atoms with van der Waals surface area (Å²) >= 11 is 1.50. The summed E-state index contributed by atoms with van der Waals surface area (Å²) in [6, 6.07) is 9.09. The second-order valence-electron chi connectivity index (χ2n) is 9.00. The van der Waals surface area contributed by atoms with Crippen molar-refractivity contribution in [3.8, 4) is 0 Å². The zero-order valence-electron chi connectivity index (χ0n) is 18.3. The lowest BCUT2D eigenvalue weighted by molar-refractivity contribution is -0.119. The van der Waals surface area contributed by atoms with Gasteiger partial charge < -0.3 is 10.2 Å². The Bertz CT molecular complexity index is 853. The summed E-state index contributed by atoms with van der Waals surface area (Å²) < 4.78 is 2.26. The molecule has 2 aliphatic rings. The Labute approximate surface area is 183 Å². The lowest BCUT2D eigenvalue weighted by atomic mass is 10.00. The minimum atomic E-state index is -0.00679. The molecular formula is C23H33N5OS. The highest BCUT2D eigenvalue weighted by molar-refractivity contribution is 7.99. The number of carbonyl (C=O) groups excluding carboxylic acids is 1. The maximum atomic E-state index is 12.6. The number of rotatable bonds is 9. The summed E-state index contributed by atoms with van der Waals surface area (Å²) in [4.78, 5) is 14.9. The standard InChI is InChI=1S/C23H33N5OS/c1-16(2)14-18-6-8-19(9-7-18)17(3)24-21(29)15-30-23-26-25-22(27-12-4-5-13-27)28(23)20-10-11-20/h6-9,16-17,20H,4-5,10-15H2,1-3H3,(H,24,29). The van der Waals surface area contributed by atoms with E-state index in [-0.39, 0.29) is 11.9 Å². The van der Waals surface area contributed by atoms with E-state index in [0.29, 0.717) is 17.7 Å². The van der Waals surface area contributed by atoms with Crippen LogP contribution in [0.4, 0.5) is 5.95 Å². The summed E-state index contributed by atoms with van der Waals surface area (Å²) in [6.07, 6.45) is 5.89. The largest absolute Gasteiger partial charge is 0.349 e. The zero-order valence-corrected chi connectivity index (χ0v) is 19.1.